The number of nitrogens with zero attached hydrogens (tertiary/aromatic N) is 1. The zero-order chi connectivity index (χ0) is 10.4. The molecule has 0 aliphatic carbocycles. The van der Waals surface area contributed by atoms with Gasteiger partial charge in [-0.05, 0) is 18.1 Å². The number of halogens is 1. The second-order valence-corrected chi connectivity index (χ2v) is 3.92. The van der Waals surface area contributed by atoms with Crippen LogP contribution in [0.2, 0.25) is 0 Å². The minimum absolute atomic E-state index is 0.0536. The van der Waals surface area contributed by atoms with E-state index in [0.29, 0.717) is 0 Å². The molecule has 1 unspecified atom stereocenters. The SMILES string of the molecule is CCC(C#N)NCc1ccccc1Br. The van der Waals surface area contributed by atoms with Gasteiger partial charge in [0, 0.05) is 11.0 Å². The quantitative estimate of drug-likeness (QED) is 0.895. The van der Waals surface area contributed by atoms with Gasteiger partial charge in [-0.15, -0.1) is 0 Å². The maximum Gasteiger partial charge on any atom is 0.0952 e. The van der Waals surface area contributed by atoms with E-state index in [1.54, 1.807) is 0 Å². The largest absolute Gasteiger partial charge is 0.298 e. The van der Waals surface area contributed by atoms with Gasteiger partial charge in [-0.3, -0.25) is 5.32 Å². The average Bonchev–Trinajstić information content (AvgIpc) is 2.22. The fourth-order valence-electron chi connectivity index (χ4n) is 1.16. The summed E-state index contributed by atoms with van der Waals surface area (Å²) in [6.45, 7) is 2.73. The summed E-state index contributed by atoms with van der Waals surface area (Å²) in [5.41, 5.74) is 1.18. The summed E-state index contributed by atoms with van der Waals surface area (Å²) in [6.07, 6.45) is 0.834. The van der Waals surface area contributed by atoms with Crippen LogP contribution in [0.25, 0.3) is 0 Å². The predicted molar refractivity (Wildman–Crippen MR) is 60.7 cm³/mol. The van der Waals surface area contributed by atoms with Crippen molar-refractivity contribution in [1.82, 2.24) is 5.32 Å². The summed E-state index contributed by atoms with van der Waals surface area (Å²) in [4.78, 5) is 0. The summed E-state index contributed by atoms with van der Waals surface area (Å²) in [6, 6.07) is 10.2. The van der Waals surface area contributed by atoms with Crippen LogP contribution in [-0.4, -0.2) is 6.04 Å². The smallest absolute Gasteiger partial charge is 0.0952 e. The lowest BCUT2D eigenvalue weighted by atomic mass is 10.2. The molecule has 0 bridgehead atoms. The summed E-state index contributed by atoms with van der Waals surface area (Å²) in [5, 5.41) is 11.9. The van der Waals surface area contributed by atoms with Gasteiger partial charge in [0.05, 0.1) is 12.1 Å². The highest BCUT2D eigenvalue weighted by molar-refractivity contribution is 9.10. The van der Waals surface area contributed by atoms with E-state index in [-0.39, 0.29) is 6.04 Å². The van der Waals surface area contributed by atoms with Crippen LogP contribution >= 0.6 is 15.9 Å². The van der Waals surface area contributed by atoms with Crippen molar-refractivity contribution >= 4 is 15.9 Å². The Balaban J connectivity index is 2.54. The molecule has 0 aromatic heterocycles. The van der Waals surface area contributed by atoms with Crippen LogP contribution in [0.3, 0.4) is 0 Å². The molecule has 0 fully saturated rings. The molecule has 0 radical (unpaired) electrons. The Morgan fingerprint density at radius 1 is 1.50 bits per heavy atom. The molecule has 1 rings (SSSR count). The topological polar surface area (TPSA) is 35.8 Å². The molecule has 1 N–H and O–H groups in total. The molecule has 0 heterocycles. The van der Waals surface area contributed by atoms with Gasteiger partial charge in [0.2, 0.25) is 0 Å². The maximum atomic E-state index is 8.75. The van der Waals surface area contributed by atoms with Crippen LogP contribution in [0.15, 0.2) is 28.7 Å². The van der Waals surface area contributed by atoms with Crippen molar-refractivity contribution in [3.8, 4) is 6.07 Å². The highest BCUT2D eigenvalue weighted by Crippen LogP contribution is 2.15. The van der Waals surface area contributed by atoms with Gasteiger partial charge in [0.25, 0.3) is 0 Å². The van der Waals surface area contributed by atoms with Gasteiger partial charge in [-0.25, -0.2) is 0 Å². The van der Waals surface area contributed by atoms with E-state index in [0.717, 1.165) is 17.4 Å². The lowest BCUT2D eigenvalue weighted by Crippen LogP contribution is -2.26. The first-order valence-electron chi connectivity index (χ1n) is 4.64. The minimum atomic E-state index is -0.0536. The molecule has 3 heteroatoms. The number of benzene rings is 1. The zero-order valence-electron chi connectivity index (χ0n) is 8.13. The number of hydrogen-bond donors (Lipinski definition) is 1. The van der Waals surface area contributed by atoms with Crippen LogP contribution in [0.1, 0.15) is 18.9 Å². The van der Waals surface area contributed by atoms with E-state index >= 15 is 0 Å². The third-order valence-electron chi connectivity index (χ3n) is 2.06. The van der Waals surface area contributed by atoms with E-state index < -0.39 is 0 Å². The van der Waals surface area contributed by atoms with Crippen molar-refractivity contribution in [3.63, 3.8) is 0 Å². The monoisotopic (exact) mass is 252 g/mol. The van der Waals surface area contributed by atoms with Gasteiger partial charge in [0.15, 0.2) is 0 Å². The fraction of sp³-hybridized carbons (Fsp3) is 0.364. The highest BCUT2D eigenvalue weighted by atomic mass is 79.9. The second kappa shape index (κ2) is 5.79. The van der Waals surface area contributed by atoms with E-state index in [1.165, 1.54) is 5.56 Å². The third-order valence-corrected chi connectivity index (χ3v) is 2.83. The van der Waals surface area contributed by atoms with Crippen LogP contribution in [0.5, 0.6) is 0 Å². The Morgan fingerprint density at radius 2 is 2.21 bits per heavy atom. The zero-order valence-corrected chi connectivity index (χ0v) is 9.71. The minimum Gasteiger partial charge on any atom is -0.298 e. The average molecular weight is 253 g/mol. The van der Waals surface area contributed by atoms with Crippen molar-refractivity contribution in [2.24, 2.45) is 0 Å². The molecule has 1 aromatic carbocycles. The summed E-state index contributed by atoms with van der Waals surface area (Å²) < 4.78 is 1.08. The molecule has 0 saturated heterocycles. The molecular weight excluding hydrogens is 240 g/mol. The van der Waals surface area contributed by atoms with Crippen molar-refractivity contribution in [3.05, 3.63) is 34.3 Å². The van der Waals surface area contributed by atoms with Gasteiger partial charge in [-0.2, -0.15) is 5.26 Å². The molecule has 0 saturated carbocycles. The number of hydrogen-bond acceptors (Lipinski definition) is 2. The van der Waals surface area contributed by atoms with E-state index in [1.807, 2.05) is 31.2 Å². The molecule has 74 valence electrons. The number of nitrogens with one attached hydrogen (secondary N) is 1. The van der Waals surface area contributed by atoms with Gasteiger partial charge in [-0.1, -0.05) is 41.1 Å². The molecule has 2 nitrogen and oxygen atoms in total. The van der Waals surface area contributed by atoms with E-state index in [4.69, 9.17) is 5.26 Å². The molecule has 0 aliphatic rings. The fourth-order valence-corrected chi connectivity index (χ4v) is 1.58. The maximum absolute atomic E-state index is 8.75. The van der Waals surface area contributed by atoms with Crippen molar-refractivity contribution in [1.29, 1.82) is 5.26 Å². The molecular formula is C11H13BrN2. The summed E-state index contributed by atoms with van der Waals surface area (Å²) >= 11 is 3.47. The van der Waals surface area contributed by atoms with Gasteiger partial charge in [0.1, 0.15) is 0 Å². The summed E-state index contributed by atoms with van der Waals surface area (Å²) in [5.74, 6) is 0. The second-order valence-electron chi connectivity index (χ2n) is 3.06. The molecule has 0 spiro atoms. The molecule has 1 aromatic rings. The van der Waals surface area contributed by atoms with Crippen LogP contribution in [0, 0.1) is 11.3 Å². The Labute approximate surface area is 93.1 Å². The van der Waals surface area contributed by atoms with Gasteiger partial charge >= 0.3 is 0 Å². The predicted octanol–water partition coefficient (Wildman–Crippen LogP) is 2.84. The first-order chi connectivity index (χ1) is 6.77. The van der Waals surface area contributed by atoms with E-state index in [9.17, 15) is 0 Å². The Hall–Kier alpha value is -0.850. The standard InChI is InChI=1S/C11H13BrN2/c1-2-10(7-13)14-8-9-5-3-4-6-11(9)12/h3-6,10,14H,2,8H2,1H3. The Morgan fingerprint density at radius 3 is 2.79 bits per heavy atom. The third kappa shape index (κ3) is 3.13. The lowest BCUT2D eigenvalue weighted by Gasteiger charge is -2.09. The lowest BCUT2D eigenvalue weighted by molar-refractivity contribution is 0.586. The van der Waals surface area contributed by atoms with Crippen molar-refractivity contribution in [2.45, 2.75) is 25.9 Å². The van der Waals surface area contributed by atoms with Crippen LogP contribution in [-0.2, 0) is 6.54 Å². The van der Waals surface area contributed by atoms with E-state index in [2.05, 4.69) is 27.3 Å². The van der Waals surface area contributed by atoms with Crippen molar-refractivity contribution < 1.29 is 0 Å². The Kier molecular flexibility index (Phi) is 4.64. The van der Waals surface area contributed by atoms with Crippen molar-refractivity contribution in [2.75, 3.05) is 0 Å². The molecule has 1 atom stereocenters. The number of nitriles is 1. The normalized spacial score (nSPS) is 12.1. The summed E-state index contributed by atoms with van der Waals surface area (Å²) in [7, 11) is 0. The van der Waals surface area contributed by atoms with Gasteiger partial charge < -0.3 is 0 Å². The van der Waals surface area contributed by atoms with Crippen LogP contribution in [0.4, 0.5) is 0 Å². The first kappa shape index (κ1) is 11.2. The Bertz CT molecular complexity index is 330. The van der Waals surface area contributed by atoms with Crippen LogP contribution < -0.4 is 5.32 Å². The highest BCUT2D eigenvalue weighted by Gasteiger charge is 2.04. The number of rotatable bonds is 4. The molecule has 0 amide bonds. The molecule has 14 heavy (non-hydrogen) atoms. The molecule has 0 aliphatic heterocycles. The first-order valence-corrected chi connectivity index (χ1v) is 5.43.